The van der Waals surface area contributed by atoms with Gasteiger partial charge in [0, 0.05) is 22.5 Å². The first-order valence-electron chi connectivity index (χ1n) is 5.48. The van der Waals surface area contributed by atoms with E-state index in [0.717, 1.165) is 27.7 Å². The molecule has 0 atom stereocenters. The third-order valence-electron chi connectivity index (χ3n) is 2.97. The fourth-order valence-corrected chi connectivity index (χ4v) is 2.05. The Kier molecular flexibility index (Phi) is 2.08. The van der Waals surface area contributed by atoms with Crippen LogP contribution < -0.4 is 0 Å². The van der Waals surface area contributed by atoms with Crippen molar-refractivity contribution < 1.29 is 0 Å². The smallest absolute Gasteiger partial charge is 0.138 e. The van der Waals surface area contributed by atoms with Crippen molar-refractivity contribution in [2.24, 2.45) is 0 Å². The average molecular weight is 220 g/mol. The van der Waals surface area contributed by atoms with Crippen LogP contribution in [-0.2, 0) is 0 Å². The number of hydrogen-bond donors (Lipinski definition) is 1. The van der Waals surface area contributed by atoms with E-state index in [0.29, 0.717) is 0 Å². The van der Waals surface area contributed by atoms with E-state index in [9.17, 15) is 0 Å². The number of benzene rings is 1. The minimum Gasteiger partial charge on any atom is -0.339 e. The number of H-pyrrole nitrogens is 1. The molecule has 0 bridgehead atoms. The Morgan fingerprint density at radius 3 is 2.53 bits per heavy atom. The van der Waals surface area contributed by atoms with Crippen LogP contribution in [0.15, 0.2) is 43.6 Å². The highest BCUT2D eigenvalue weighted by molar-refractivity contribution is 6.06. The van der Waals surface area contributed by atoms with Crippen LogP contribution in [0.25, 0.3) is 34.1 Å². The molecule has 0 aliphatic rings. The maximum atomic E-state index is 4.39. The molecule has 0 saturated heterocycles. The summed E-state index contributed by atoms with van der Waals surface area (Å²) in [7, 11) is 0. The summed E-state index contributed by atoms with van der Waals surface area (Å²) in [5.41, 5.74) is 4.15. The highest BCUT2D eigenvalue weighted by Crippen LogP contribution is 2.26. The zero-order valence-corrected chi connectivity index (χ0v) is 9.40. The van der Waals surface area contributed by atoms with Gasteiger partial charge in [-0.1, -0.05) is 31.4 Å². The molecule has 0 saturated carbocycles. The number of aromatic amines is 1. The fourth-order valence-electron chi connectivity index (χ4n) is 2.05. The van der Waals surface area contributed by atoms with Gasteiger partial charge in [0.15, 0.2) is 0 Å². The van der Waals surface area contributed by atoms with Gasteiger partial charge in [-0.2, -0.15) is 0 Å². The van der Waals surface area contributed by atoms with Crippen LogP contribution in [0.1, 0.15) is 11.1 Å². The molecule has 0 aliphatic heterocycles. The van der Waals surface area contributed by atoms with Crippen LogP contribution in [-0.4, -0.2) is 9.97 Å². The van der Waals surface area contributed by atoms with Crippen molar-refractivity contribution in [3.05, 3.63) is 54.7 Å². The van der Waals surface area contributed by atoms with E-state index in [1.165, 1.54) is 5.39 Å². The minimum atomic E-state index is 0.909. The predicted molar refractivity (Wildman–Crippen MR) is 73.8 cm³/mol. The Morgan fingerprint density at radius 1 is 1.00 bits per heavy atom. The summed E-state index contributed by atoms with van der Waals surface area (Å²) < 4.78 is 0. The van der Waals surface area contributed by atoms with E-state index in [2.05, 4.69) is 41.3 Å². The van der Waals surface area contributed by atoms with E-state index in [1.54, 1.807) is 0 Å². The normalized spacial score (nSPS) is 10.8. The van der Waals surface area contributed by atoms with Gasteiger partial charge in [-0.25, -0.2) is 4.98 Å². The van der Waals surface area contributed by atoms with Crippen molar-refractivity contribution in [1.82, 2.24) is 9.97 Å². The van der Waals surface area contributed by atoms with Crippen LogP contribution in [0.5, 0.6) is 0 Å². The van der Waals surface area contributed by atoms with Gasteiger partial charge in [0.2, 0.25) is 0 Å². The molecular weight excluding hydrogens is 208 g/mol. The summed E-state index contributed by atoms with van der Waals surface area (Å²) in [5, 5.41) is 2.30. The van der Waals surface area contributed by atoms with E-state index in [1.807, 2.05) is 24.4 Å². The Labute approximate surface area is 99.3 Å². The van der Waals surface area contributed by atoms with Gasteiger partial charge in [-0.05, 0) is 29.3 Å². The molecule has 1 aromatic carbocycles. The molecule has 0 aliphatic carbocycles. The maximum Gasteiger partial charge on any atom is 0.138 e. The van der Waals surface area contributed by atoms with Crippen molar-refractivity contribution in [3.63, 3.8) is 0 Å². The molecule has 2 heterocycles. The molecule has 17 heavy (non-hydrogen) atoms. The van der Waals surface area contributed by atoms with Crippen LogP contribution in [0, 0.1) is 0 Å². The Bertz CT molecular complexity index is 673. The third kappa shape index (κ3) is 1.46. The molecule has 0 unspecified atom stereocenters. The Hall–Kier alpha value is -2.35. The van der Waals surface area contributed by atoms with E-state index in [4.69, 9.17) is 0 Å². The van der Waals surface area contributed by atoms with E-state index < -0.39 is 0 Å². The molecule has 1 N–H and O–H groups in total. The molecule has 3 rings (SSSR count). The van der Waals surface area contributed by atoms with Crippen molar-refractivity contribution in [2.75, 3.05) is 0 Å². The highest BCUT2D eigenvalue weighted by Gasteiger charge is 2.05. The first kappa shape index (κ1) is 9.85. The van der Waals surface area contributed by atoms with Crippen molar-refractivity contribution in [2.45, 2.75) is 0 Å². The molecule has 3 aromatic rings. The second kappa shape index (κ2) is 3.59. The van der Waals surface area contributed by atoms with Crippen LogP contribution in [0.2, 0.25) is 0 Å². The first-order valence-corrected chi connectivity index (χ1v) is 5.48. The Morgan fingerprint density at radius 2 is 1.76 bits per heavy atom. The second-order valence-electron chi connectivity index (χ2n) is 4.00. The number of fused-ring (bicyclic) bond motifs is 3. The average Bonchev–Trinajstić information content (AvgIpc) is 2.75. The number of pyridine rings is 1. The maximum absolute atomic E-state index is 4.39. The lowest BCUT2D eigenvalue weighted by Crippen LogP contribution is -1.77. The summed E-state index contributed by atoms with van der Waals surface area (Å²) >= 11 is 0. The van der Waals surface area contributed by atoms with Gasteiger partial charge < -0.3 is 4.98 Å². The number of aromatic nitrogens is 2. The van der Waals surface area contributed by atoms with Gasteiger partial charge >= 0.3 is 0 Å². The molecule has 2 heteroatoms. The monoisotopic (exact) mass is 220 g/mol. The van der Waals surface area contributed by atoms with Gasteiger partial charge in [0.1, 0.15) is 5.65 Å². The van der Waals surface area contributed by atoms with E-state index in [-0.39, 0.29) is 0 Å². The molecule has 0 amide bonds. The zero-order chi connectivity index (χ0) is 11.8. The molecule has 0 radical (unpaired) electrons. The molecule has 2 aromatic heterocycles. The van der Waals surface area contributed by atoms with Gasteiger partial charge in [0.25, 0.3) is 0 Å². The minimum absolute atomic E-state index is 0.909. The SMILES string of the molecule is C=Cc1ccc2[nH]c3ncc(C=C)cc3c2c1. The first-order chi connectivity index (χ1) is 8.31. The standard InChI is InChI=1S/C15H12N2/c1-3-10-5-6-14-12(7-10)13-8-11(4-2)9-16-15(13)17-14/h3-9H,1-2H2,(H,16,17). The van der Waals surface area contributed by atoms with Crippen molar-refractivity contribution in [1.29, 1.82) is 0 Å². The second-order valence-corrected chi connectivity index (χ2v) is 4.00. The van der Waals surface area contributed by atoms with Gasteiger partial charge in [0.05, 0.1) is 0 Å². The molecule has 2 nitrogen and oxygen atoms in total. The quantitative estimate of drug-likeness (QED) is 0.694. The summed E-state index contributed by atoms with van der Waals surface area (Å²) in [6, 6.07) is 8.32. The fraction of sp³-hybridized carbons (Fsp3) is 0. The van der Waals surface area contributed by atoms with Crippen molar-refractivity contribution in [3.8, 4) is 0 Å². The molecular formula is C15H12N2. The summed E-state index contributed by atoms with van der Waals surface area (Å²) in [6.07, 6.45) is 5.48. The number of hydrogen-bond acceptors (Lipinski definition) is 1. The van der Waals surface area contributed by atoms with Crippen molar-refractivity contribution >= 4 is 34.1 Å². The lowest BCUT2D eigenvalue weighted by atomic mass is 10.1. The number of rotatable bonds is 2. The number of nitrogens with zero attached hydrogens (tertiary/aromatic N) is 1. The lowest BCUT2D eigenvalue weighted by molar-refractivity contribution is 1.34. The summed E-state index contributed by atoms with van der Waals surface area (Å²) in [5.74, 6) is 0. The zero-order valence-electron chi connectivity index (χ0n) is 9.40. The topological polar surface area (TPSA) is 28.7 Å². The molecule has 0 fully saturated rings. The van der Waals surface area contributed by atoms with Gasteiger partial charge in [-0.15, -0.1) is 0 Å². The van der Waals surface area contributed by atoms with Gasteiger partial charge in [-0.3, -0.25) is 0 Å². The third-order valence-corrected chi connectivity index (χ3v) is 2.97. The predicted octanol–water partition coefficient (Wildman–Crippen LogP) is 4.00. The largest absolute Gasteiger partial charge is 0.339 e. The highest BCUT2D eigenvalue weighted by atomic mass is 14.8. The van der Waals surface area contributed by atoms with Crippen LogP contribution in [0.3, 0.4) is 0 Å². The summed E-state index contributed by atoms with van der Waals surface area (Å²) in [4.78, 5) is 7.69. The summed E-state index contributed by atoms with van der Waals surface area (Å²) in [6.45, 7) is 7.56. The Balaban J connectivity index is 2.45. The van der Waals surface area contributed by atoms with Crippen LogP contribution >= 0.6 is 0 Å². The lowest BCUT2D eigenvalue weighted by Gasteiger charge is -1.95. The number of nitrogens with one attached hydrogen (secondary N) is 1. The van der Waals surface area contributed by atoms with E-state index >= 15 is 0 Å². The molecule has 82 valence electrons. The van der Waals surface area contributed by atoms with Crippen LogP contribution in [0.4, 0.5) is 0 Å². The molecule has 0 spiro atoms.